The Bertz CT molecular complexity index is 896. The van der Waals surface area contributed by atoms with E-state index in [1.165, 1.54) is 17.4 Å². The van der Waals surface area contributed by atoms with E-state index >= 15 is 0 Å². The van der Waals surface area contributed by atoms with Gasteiger partial charge in [0.2, 0.25) is 11.8 Å². The molecule has 2 atom stereocenters. The van der Waals surface area contributed by atoms with Crippen LogP contribution in [0.2, 0.25) is 0 Å². The first-order valence-electron chi connectivity index (χ1n) is 9.13. The van der Waals surface area contributed by atoms with E-state index in [2.05, 4.69) is 11.4 Å². The Morgan fingerprint density at radius 3 is 2.81 bits per heavy atom. The van der Waals surface area contributed by atoms with Crippen molar-refractivity contribution >= 4 is 17.5 Å². The zero-order valence-corrected chi connectivity index (χ0v) is 15.1. The molecule has 2 N–H and O–H groups in total. The van der Waals surface area contributed by atoms with Crippen LogP contribution in [0, 0.1) is 0 Å². The van der Waals surface area contributed by atoms with Gasteiger partial charge in [-0.25, -0.2) is 0 Å². The number of nitrogens with zero attached hydrogens (tertiary/aromatic N) is 1. The van der Waals surface area contributed by atoms with Crippen molar-refractivity contribution in [2.75, 3.05) is 18.5 Å². The second-order valence-electron chi connectivity index (χ2n) is 7.07. The number of benzene rings is 2. The van der Waals surface area contributed by atoms with Crippen LogP contribution in [-0.2, 0) is 16.0 Å². The smallest absolute Gasteiger partial charge is 0.247 e. The fourth-order valence-electron chi connectivity index (χ4n) is 3.78. The van der Waals surface area contributed by atoms with Crippen LogP contribution in [0.4, 0.5) is 5.69 Å². The lowest BCUT2D eigenvalue weighted by Crippen LogP contribution is -2.42. The monoisotopic (exact) mass is 366 g/mol. The van der Waals surface area contributed by atoms with Crippen LogP contribution in [0.1, 0.15) is 18.9 Å². The Hall–Kier alpha value is -2.86. The number of hydrogen-bond acceptors (Lipinski definition) is 4. The van der Waals surface area contributed by atoms with Gasteiger partial charge in [-0.1, -0.05) is 18.2 Å². The number of amides is 2. The highest BCUT2D eigenvalue weighted by Gasteiger charge is 2.37. The topological polar surface area (TPSA) is 78.9 Å². The standard InChI is InChI=1S/C21H22N2O4/c1-13(24)23-12-18(25)11-19(23)21(26)22-17-4-2-3-14(10-17)15-5-6-20-16(9-15)7-8-27-20/h2-6,9-10,18-19,25H,7-8,11-12H2,1H3,(H,22,26)/t18-,19-/m1/s1. The molecule has 2 amide bonds. The molecule has 0 unspecified atom stereocenters. The third-order valence-electron chi connectivity index (χ3n) is 5.14. The number of fused-ring (bicyclic) bond motifs is 1. The molecule has 1 fully saturated rings. The maximum absolute atomic E-state index is 12.6. The second-order valence-corrected chi connectivity index (χ2v) is 7.07. The summed E-state index contributed by atoms with van der Waals surface area (Å²) in [7, 11) is 0. The Labute approximate surface area is 157 Å². The number of aliphatic hydroxyl groups excluding tert-OH is 1. The Morgan fingerprint density at radius 1 is 1.19 bits per heavy atom. The van der Waals surface area contributed by atoms with Crippen LogP contribution >= 0.6 is 0 Å². The molecular weight excluding hydrogens is 344 g/mol. The molecule has 0 spiro atoms. The summed E-state index contributed by atoms with van der Waals surface area (Å²) in [6.07, 6.45) is 0.505. The predicted molar refractivity (Wildman–Crippen MR) is 102 cm³/mol. The predicted octanol–water partition coefficient (Wildman–Crippen LogP) is 2.21. The molecule has 2 aliphatic heterocycles. The summed E-state index contributed by atoms with van der Waals surface area (Å²) in [5, 5.41) is 12.7. The molecule has 0 saturated carbocycles. The molecular formula is C21H22N2O4. The Balaban J connectivity index is 1.53. The van der Waals surface area contributed by atoms with Crippen molar-refractivity contribution in [3.05, 3.63) is 48.0 Å². The molecule has 4 rings (SSSR count). The molecule has 140 valence electrons. The fourth-order valence-corrected chi connectivity index (χ4v) is 3.78. The van der Waals surface area contributed by atoms with Gasteiger partial charge in [0.25, 0.3) is 0 Å². The van der Waals surface area contributed by atoms with Gasteiger partial charge in [0, 0.05) is 32.0 Å². The molecule has 0 aromatic heterocycles. The van der Waals surface area contributed by atoms with Gasteiger partial charge >= 0.3 is 0 Å². The maximum atomic E-state index is 12.6. The minimum absolute atomic E-state index is 0.199. The van der Waals surface area contributed by atoms with Crippen molar-refractivity contribution in [3.63, 3.8) is 0 Å². The van der Waals surface area contributed by atoms with E-state index in [1.54, 1.807) is 0 Å². The summed E-state index contributed by atoms with van der Waals surface area (Å²) in [4.78, 5) is 25.8. The quantitative estimate of drug-likeness (QED) is 0.873. The largest absolute Gasteiger partial charge is 0.493 e. The lowest BCUT2D eigenvalue weighted by atomic mass is 10.0. The molecule has 2 heterocycles. The summed E-state index contributed by atoms with van der Waals surface area (Å²) in [6.45, 7) is 2.33. The number of likely N-dealkylation sites (tertiary alicyclic amines) is 1. The first-order valence-corrected chi connectivity index (χ1v) is 9.13. The number of rotatable bonds is 3. The van der Waals surface area contributed by atoms with E-state index in [0.29, 0.717) is 5.69 Å². The second kappa shape index (κ2) is 7.04. The van der Waals surface area contributed by atoms with Gasteiger partial charge in [0.05, 0.1) is 12.7 Å². The summed E-state index contributed by atoms with van der Waals surface area (Å²) >= 11 is 0. The number of carbonyl (C=O) groups excluding carboxylic acids is 2. The third kappa shape index (κ3) is 3.53. The number of carbonyl (C=O) groups is 2. The van der Waals surface area contributed by atoms with Crippen molar-refractivity contribution in [2.45, 2.75) is 31.9 Å². The minimum Gasteiger partial charge on any atom is -0.493 e. The number of β-amino-alcohol motifs (C(OH)–C–C–N with tert-alkyl or cyclic N) is 1. The number of hydrogen-bond donors (Lipinski definition) is 2. The van der Waals surface area contributed by atoms with Gasteiger partial charge in [-0.15, -0.1) is 0 Å². The summed E-state index contributed by atoms with van der Waals surface area (Å²) < 4.78 is 5.55. The summed E-state index contributed by atoms with van der Waals surface area (Å²) in [5.74, 6) is 0.453. The van der Waals surface area contributed by atoms with Crippen LogP contribution in [0.15, 0.2) is 42.5 Å². The van der Waals surface area contributed by atoms with Gasteiger partial charge in [0.1, 0.15) is 11.8 Å². The highest BCUT2D eigenvalue weighted by atomic mass is 16.5. The highest BCUT2D eigenvalue weighted by Crippen LogP contribution is 2.31. The molecule has 0 aliphatic carbocycles. The zero-order chi connectivity index (χ0) is 19.0. The number of aliphatic hydroxyl groups is 1. The van der Waals surface area contributed by atoms with Crippen molar-refractivity contribution in [2.24, 2.45) is 0 Å². The van der Waals surface area contributed by atoms with Crippen LogP contribution in [0.5, 0.6) is 5.75 Å². The van der Waals surface area contributed by atoms with Gasteiger partial charge in [-0.2, -0.15) is 0 Å². The van der Waals surface area contributed by atoms with Gasteiger partial charge < -0.3 is 20.1 Å². The van der Waals surface area contributed by atoms with Gasteiger partial charge in [-0.05, 0) is 41.0 Å². The molecule has 1 saturated heterocycles. The number of nitrogens with one attached hydrogen (secondary N) is 1. The van der Waals surface area contributed by atoms with Crippen LogP contribution < -0.4 is 10.1 Å². The van der Waals surface area contributed by atoms with E-state index in [1.807, 2.05) is 36.4 Å². The molecule has 0 bridgehead atoms. The number of ether oxygens (including phenoxy) is 1. The van der Waals surface area contributed by atoms with Crippen molar-refractivity contribution in [3.8, 4) is 16.9 Å². The Kier molecular flexibility index (Phi) is 4.58. The first kappa shape index (κ1) is 17.5. The van der Waals surface area contributed by atoms with E-state index in [0.717, 1.165) is 29.9 Å². The van der Waals surface area contributed by atoms with Crippen LogP contribution in [-0.4, -0.2) is 47.1 Å². The number of anilines is 1. The lowest BCUT2D eigenvalue weighted by Gasteiger charge is -2.22. The van der Waals surface area contributed by atoms with Crippen molar-refractivity contribution in [1.82, 2.24) is 4.90 Å². The summed E-state index contributed by atoms with van der Waals surface area (Å²) in [5.41, 5.74) is 3.92. The highest BCUT2D eigenvalue weighted by molar-refractivity contribution is 5.97. The average molecular weight is 366 g/mol. The SMILES string of the molecule is CC(=O)N1C[C@H](O)C[C@@H]1C(=O)Nc1cccc(-c2ccc3c(c2)CCO3)c1. The Morgan fingerprint density at radius 2 is 2.00 bits per heavy atom. The van der Waals surface area contributed by atoms with Crippen LogP contribution in [0.3, 0.4) is 0 Å². The van der Waals surface area contributed by atoms with Gasteiger partial charge in [-0.3, -0.25) is 9.59 Å². The van der Waals surface area contributed by atoms with E-state index in [9.17, 15) is 14.7 Å². The third-order valence-corrected chi connectivity index (χ3v) is 5.14. The molecule has 0 radical (unpaired) electrons. The molecule has 2 aromatic carbocycles. The van der Waals surface area contributed by atoms with Crippen LogP contribution in [0.25, 0.3) is 11.1 Å². The normalized spacial score (nSPS) is 20.9. The minimum atomic E-state index is -0.662. The molecule has 2 aliphatic rings. The van der Waals surface area contributed by atoms with E-state index < -0.39 is 12.1 Å². The first-order chi connectivity index (χ1) is 13.0. The van der Waals surface area contributed by atoms with Gasteiger partial charge in [0.15, 0.2) is 0 Å². The van der Waals surface area contributed by atoms with E-state index in [-0.39, 0.29) is 24.8 Å². The van der Waals surface area contributed by atoms with Crippen molar-refractivity contribution < 1.29 is 19.4 Å². The maximum Gasteiger partial charge on any atom is 0.247 e. The fraction of sp³-hybridized carbons (Fsp3) is 0.333. The van der Waals surface area contributed by atoms with E-state index in [4.69, 9.17) is 4.74 Å². The average Bonchev–Trinajstić information content (AvgIpc) is 3.27. The zero-order valence-electron chi connectivity index (χ0n) is 15.1. The molecule has 27 heavy (non-hydrogen) atoms. The lowest BCUT2D eigenvalue weighted by molar-refractivity contribution is -0.134. The molecule has 6 heteroatoms. The molecule has 6 nitrogen and oxygen atoms in total. The summed E-state index contributed by atoms with van der Waals surface area (Å²) in [6, 6.07) is 13.1. The molecule has 2 aromatic rings. The van der Waals surface area contributed by atoms with Crippen molar-refractivity contribution in [1.29, 1.82) is 0 Å².